The van der Waals surface area contributed by atoms with Gasteiger partial charge in [-0.2, -0.15) is 5.10 Å². The first-order chi connectivity index (χ1) is 14.8. The van der Waals surface area contributed by atoms with E-state index in [9.17, 15) is 18.3 Å². The molecule has 0 aliphatic heterocycles. The van der Waals surface area contributed by atoms with Crippen LogP contribution in [-0.4, -0.2) is 39.2 Å². The highest BCUT2D eigenvalue weighted by Crippen LogP contribution is 2.34. The third-order valence-corrected chi connectivity index (χ3v) is 8.18. The summed E-state index contributed by atoms with van der Waals surface area (Å²) in [4.78, 5) is 12.1. The van der Waals surface area contributed by atoms with Crippen LogP contribution < -0.4 is 5.56 Å². The average Bonchev–Trinajstić information content (AvgIpc) is 3.39. The van der Waals surface area contributed by atoms with Crippen LogP contribution in [0.4, 0.5) is 0 Å². The van der Waals surface area contributed by atoms with Crippen molar-refractivity contribution in [3.8, 4) is 16.8 Å². The molecule has 3 aromatic rings. The first kappa shape index (κ1) is 21.8. The zero-order valence-corrected chi connectivity index (χ0v) is 18.7. The first-order valence-corrected chi connectivity index (χ1v) is 12.2. The number of rotatable bonds is 6. The quantitative estimate of drug-likeness (QED) is 0.606. The Hall–Kier alpha value is -2.42. The maximum absolute atomic E-state index is 12.9. The summed E-state index contributed by atoms with van der Waals surface area (Å²) in [6.45, 7) is 2.63. The zero-order chi connectivity index (χ0) is 22.2. The Balaban J connectivity index is 1.63. The van der Waals surface area contributed by atoms with Crippen molar-refractivity contribution in [2.45, 2.75) is 55.4 Å². The summed E-state index contributed by atoms with van der Waals surface area (Å²) in [5.74, 6) is 0. The summed E-state index contributed by atoms with van der Waals surface area (Å²) in [6.07, 6.45) is 6.70. The third-order valence-electron chi connectivity index (χ3n) is 5.66. The number of nitrogens with zero attached hydrogens (tertiary/aromatic N) is 3. The van der Waals surface area contributed by atoms with Gasteiger partial charge in [0.25, 0.3) is 5.56 Å². The van der Waals surface area contributed by atoms with Crippen molar-refractivity contribution in [3.63, 3.8) is 0 Å². The molecule has 9 heteroatoms. The molecular weight excluding hydrogens is 438 g/mol. The van der Waals surface area contributed by atoms with E-state index < -0.39 is 21.2 Å². The van der Waals surface area contributed by atoms with Crippen LogP contribution in [0, 0.1) is 0 Å². The highest BCUT2D eigenvalue weighted by atomic mass is 35.5. The second kappa shape index (κ2) is 8.61. The van der Waals surface area contributed by atoms with Crippen molar-refractivity contribution in [2.75, 3.05) is 0 Å². The molecule has 2 atom stereocenters. The Labute approximate surface area is 185 Å². The van der Waals surface area contributed by atoms with Crippen molar-refractivity contribution in [1.29, 1.82) is 0 Å². The van der Waals surface area contributed by atoms with Crippen LogP contribution in [0.3, 0.4) is 0 Å². The fourth-order valence-corrected chi connectivity index (χ4v) is 6.17. The predicted molar refractivity (Wildman–Crippen MR) is 119 cm³/mol. The van der Waals surface area contributed by atoms with E-state index in [0.717, 1.165) is 17.7 Å². The molecule has 1 N–H and O–H groups in total. The predicted octanol–water partition coefficient (Wildman–Crippen LogP) is 3.45. The SMILES string of the molecule is CCCn1cc(-n2cc(-c3ccc(S(=O)(=O)C4CC[C@@H](O)C4)cc3Cl)cn2)ccc1=O. The number of aromatic nitrogens is 3. The summed E-state index contributed by atoms with van der Waals surface area (Å²) in [7, 11) is -3.54. The molecule has 0 saturated heterocycles. The molecule has 2 aromatic heterocycles. The number of aliphatic hydroxyl groups excluding tert-OH is 1. The molecule has 31 heavy (non-hydrogen) atoms. The van der Waals surface area contributed by atoms with Gasteiger partial charge in [-0.3, -0.25) is 4.79 Å². The van der Waals surface area contributed by atoms with Crippen molar-refractivity contribution < 1.29 is 13.5 Å². The van der Waals surface area contributed by atoms with Crippen molar-refractivity contribution >= 4 is 21.4 Å². The molecule has 2 heterocycles. The van der Waals surface area contributed by atoms with Gasteiger partial charge in [-0.25, -0.2) is 13.1 Å². The molecule has 1 fully saturated rings. The Morgan fingerprint density at radius 3 is 2.68 bits per heavy atom. The van der Waals surface area contributed by atoms with Gasteiger partial charge in [-0.05, 0) is 43.9 Å². The molecule has 4 rings (SSSR count). The lowest BCUT2D eigenvalue weighted by molar-refractivity contribution is 0.183. The van der Waals surface area contributed by atoms with Crippen LogP contribution in [0.1, 0.15) is 32.6 Å². The molecule has 1 unspecified atom stereocenters. The number of aliphatic hydroxyl groups is 1. The van der Waals surface area contributed by atoms with Crippen LogP contribution in [0.15, 0.2) is 58.6 Å². The van der Waals surface area contributed by atoms with Crippen molar-refractivity contribution in [2.24, 2.45) is 0 Å². The van der Waals surface area contributed by atoms with E-state index >= 15 is 0 Å². The lowest BCUT2D eigenvalue weighted by Gasteiger charge is -2.12. The van der Waals surface area contributed by atoms with Crippen LogP contribution in [-0.2, 0) is 16.4 Å². The minimum absolute atomic E-state index is 0.0624. The summed E-state index contributed by atoms with van der Waals surface area (Å²) in [6, 6.07) is 7.92. The van der Waals surface area contributed by atoms with Crippen LogP contribution in [0.5, 0.6) is 0 Å². The number of hydrogen-bond donors (Lipinski definition) is 1. The van der Waals surface area contributed by atoms with E-state index in [1.165, 1.54) is 12.1 Å². The monoisotopic (exact) mass is 461 g/mol. The molecule has 1 aliphatic rings. The molecule has 0 radical (unpaired) electrons. The van der Waals surface area contributed by atoms with Crippen LogP contribution in [0.2, 0.25) is 5.02 Å². The average molecular weight is 462 g/mol. The van der Waals surface area contributed by atoms with Gasteiger partial charge in [0, 0.05) is 41.2 Å². The fourth-order valence-electron chi connectivity index (χ4n) is 3.97. The second-order valence-corrected chi connectivity index (χ2v) is 10.5. The van der Waals surface area contributed by atoms with Gasteiger partial charge in [-0.15, -0.1) is 0 Å². The van der Waals surface area contributed by atoms with E-state index in [1.807, 2.05) is 6.92 Å². The normalized spacial score (nSPS) is 19.1. The molecule has 0 amide bonds. The molecule has 0 bridgehead atoms. The van der Waals surface area contributed by atoms with Gasteiger partial charge in [-0.1, -0.05) is 24.6 Å². The van der Waals surface area contributed by atoms with Crippen LogP contribution >= 0.6 is 11.6 Å². The Kier molecular flexibility index (Phi) is 6.05. The van der Waals surface area contributed by atoms with E-state index in [-0.39, 0.29) is 16.9 Å². The molecule has 1 saturated carbocycles. The van der Waals surface area contributed by atoms with Gasteiger partial charge in [0.15, 0.2) is 9.84 Å². The van der Waals surface area contributed by atoms with E-state index in [4.69, 9.17) is 11.6 Å². The Morgan fingerprint density at radius 2 is 2.00 bits per heavy atom. The topological polar surface area (TPSA) is 94.2 Å². The maximum atomic E-state index is 12.9. The van der Waals surface area contributed by atoms with Gasteiger partial charge >= 0.3 is 0 Å². The molecule has 1 aromatic carbocycles. The summed E-state index contributed by atoms with van der Waals surface area (Å²) >= 11 is 6.45. The maximum Gasteiger partial charge on any atom is 0.250 e. The standard InChI is InChI=1S/C22H24ClN3O4S/c1-2-9-25-14-16(3-8-22(25)28)26-13-15(12-24-26)20-7-6-19(11-21(20)23)31(29,30)18-5-4-17(27)10-18/h3,6-8,11-14,17-18,27H,2,4-5,9-10H2,1H3/t17-,18?/m1/s1. The van der Waals surface area contributed by atoms with Crippen LogP contribution in [0.25, 0.3) is 16.8 Å². The molecule has 7 nitrogen and oxygen atoms in total. The Morgan fingerprint density at radius 1 is 1.19 bits per heavy atom. The minimum atomic E-state index is -3.54. The largest absolute Gasteiger partial charge is 0.393 e. The third kappa shape index (κ3) is 4.33. The summed E-state index contributed by atoms with van der Waals surface area (Å²) < 4.78 is 29.0. The van der Waals surface area contributed by atoms with Gasteiger partial charge in [0.05, 0.1) is 28.1 Å². The van der Waals surface area contributed by atoms with E-state index in [0.29, 0.717) is 30.0 Å². The lowest BCUT2D eigenvalue weighted by Crippen LogP contribution is -2.19. The Bertz CT molecular complexity index is 1270. The fraction of sp³-hybridized carbons (Fsp3) is 0.364. The van der Waals surface area contributed by atoms with Gasteiger partial charge in [0.1, 0.15) is 0 Å². The molecule has 1 aliphatic carbocycles. The molecule has 0 spiro atoms. The summed E-state index contributed by atoms with van der Waals surface area (Å²) in [5, 5.41) is 13.8. The first-order valence-electron chi connectivity index (χ1n) is 10.3. The van der Waals surface area contributed by atoms with E-state index in [1.54, 1.807) is 46.0 Å². The van der Waals surface area contributed by atoms with Gasteiger partial charge < -0.3 is 9.67 Å². The highest BCUT2D eigenvalue weighted by Gasteiger charge is 2.34. The number of aryl methyl sites for hydroxylation is 1. The number of pyridine rings is 1. The van der Waals surface area contributed by atoms with Crippen molar-refractivity contribution in [3.05, 3.63) is 64.3 Å². The lowest BCUT2D eigenvalue weighted by atomic mass is 10.1. The molecular formula is C22H24ClN3O4S. The number of sulfone groups is 1. The summed E-state index contributed by atoms with van der Waals surface area (Å²) in [5.41, 5.74) is 2.08. The number of benzene rings is 1. The number of hydrogen-bond acceptors (Lipinski definition) is 5. The molecule has 164 valence electrons. The number of halogens is 1. The second-order valence-electron chi connectivity index (χ2n) is 7.87. The minimum Gasteiger partial charge on any atom is -0.393 e. The van der Waals surface area contributed by atoms with Gasteiger partial charge in [0.2, 0.25) is 0 Å². The van der Waals surface area contributed by atoms with E-state index in [2.05, 4.69) is 5.10 Å². The highest BCUT2D eigenvalue weighted by molar-refractivity contribution is 7.92. The zero-order valence-electron chi connectivity index (χ0n) is 17.1. The van der Waals surface area contributed by atoms with Crippen molar-refractivity contribution in [1.82, 2.24) is 14.3 Å². The smallest absolute Gasteiger partial charge is 0.250 e.